The van der Waals surface area contributed by atoms with E-state index in [9.17, 15) is 0 Å². The van der Waals surface area contributed by atoms with Crippen molar-refractivity contribution in [3.63, 3.8) is 0 Å². The summed E-state index contributed by atoms with van der Waals surface area (Å²) in [7, 11) is 0. The fourth-order valence-corrected chi connectivity index (χ4v) is 1.98. The van der Waals surface area contributed by atoms with Crippen molar-refractivity contribution in [2.75, 3.05) is 18.1 Å². The van der Waals surface area contributed by atoms with Crippen LogP contribution in [0.3, 0.4) is 0 Å². The standard InChI is InChI=1S/C11H11NO/c1-2-4-10-9(3-1)5-6-11-12(10)7-8-13-11/h1-6,11H,7-8H2. The number of anilines is 1. The first-order chi connectivity index (χ1) is 6.45. The molecule has 66 valence electrons. The molecule has 0 saturated carbocycles. The minimum Gasteiger partial charge on any atom is -0.353 e. The predicted octanol–water partition coefficient (Wildman–Crippen LogP) is 1.88. The third-order valence-corrected chi connectivity index (χ3v) is 2.61. The highest BCUT2D eigenvalue weighted by Crippen LogP contribution is 2.31. The number of rotatable bonds is 0. The highest BCUT2D eigenvalue weighted by Gasteiger charge is 2.26. The lowest BCUT2D eigenvalue weighted by Gasteiger charge is -2.27. The Labute approximate surface area is 77.4 Å². The molecule has 1 fully saturated rings. The number of benzene rings is 1. The van der Waals surface area contributed by atoms with Crippen LogP contribution in [0.15, 0.2) is 30.3 Å². The molecule has 0 amide bonds. The van der Waals surface area contributed by atoms with E-state index in [1.807, 2.05) is 0 Å². The van der Waals surface area contributed by atoms with E-state index in [1.54, 1.807) is 0 Å². The molecule has 0 N–H and O–H groups in total. The third-order valence-electron chi connectivity index (χ3n) is 2.61. The van der Waals surface area contributed by atoms with Crippen LogP contribution >= 0.6 is 0 Å². The lowest BCUT2D eigenvalue weighted by Crippen LogP contribution is -2.30. The first-order valence-corrected chi connectivity index (χ1v) is 4.61. The zero-order valence-corrected chi connectivity index (χ0v) is 7.31. The molecule has 2 aliphatic heterocycles. The quantitative estimate of drug-likeness (QED) is 0.594. The number of fused-ring (bicyclic) bond motifs is 3. The van der Waals surface area contributed by atoms with Gasteiger partial charge in [-0.15, -0.1) is 0 Å². The molecule has 0 aliphatic carbocycles. The van der Waals surface area contributed by atoms with Gasteiger partial charge in [0.15, 0.2) is 0 Å². The van der Waals surface area contributed by atoms with Crippen molar-refractivity contribution in [1.82, 2.24) is 0 Å². The highest BCUT2D eigenvalue weighted by atomic mass is 16.5. The second kappa shape index (κ2) is 2.60. The summed E-state index contributed by atoms with van der Waals surface area (Å²) in [5.74, 6) is 0. The topological polar surface area (TPSA) is 12.5 Å². The maximum absolute atomic E-state index is 5.55. The first-order valence-electron chi connectivity index (χ1n) is 4.61. The summed E-state index contributed by atoms with van der Waals surface area (Å²) in [5.41, 5.74) is 2.59. The zero-order valence-electron chi connectivity index (χ0n) is 7.31. The van der Waals surface area contributed by atoms with Gasteiger partial charge in [0.05, 0.1) is 6.61 Å². The van der Waals surface area contributed by atoms with Gasteiger partial charge in [-0.1, -0.05) is 24.3 Å². The molecule has 1 unspecified atom stereocenters. The zero-order chi connectivity index (χ0) is 8.67. The average Bonchev–Trinajstić information content (AvgIpc) is 2.65. The van der Waals surface area contributed by atoms with Crippen molar-refractivity contribution in [1.29, 1.82) is 0 Å². The lowest BCUT2D eigenvalue weighted by atomic mass is 10.1. The molecule has 13 heavy (non-hydrogen) atoms. The second-order valence-electron chi connectivity index (χ2n) is 3.37. The molecule has 0 aromatic heterocycles. The maximum atomic E-state index is 5.55. The summed E-state index contributed by atoms with van der Waals surface area (Å²) in [5, 5.41) is 0. The van der Waals surface area contributed by atoms with Gasteiger partial charge in [-0.05, 0) is 17.7 Å². The summed E-state index contributed by atoms with van der Waals surface area (Å²) < 4.78 is 5.55. The normalized spacial score (nSPS) is 24.3. The van der Waals surface area contributed by atoms with E-state index in [1.165, 1.54) is 11.3 Å². The van der Waals surface area contributed by atoms with Gasteiger partial charge in [0.2, 0.25) is 0 Å². The molecule has 0 bridgehead atoms. The van der Waals surface area contributed by atoms with Gasteiger partial charge in [0, 0.05) is 12.2 Å². The summed E-state index contributed by atoms with van der Waals surface area (Å²) in [4.78, 5) is 2.30. The van der Waals surface area contributed by atoms with Gasteiger partial charge < -0.3 is 9.64 Å². The van der Waals surface area contributed by atoms with Gasteiger partial charge in [0.1, 0.15) is 6.23 Å². The minimum atomic E-state index is 0.176. The fraction of sp³-hybridized carbons (Fsp3) is 0.273. The Hall–Kier alpha value is -1.28. The SMILES string of the molecule is C1=CC2OCCN2c2ccccc21. The average molecular weight is 173 g/mol. The van der Waals surface area contributed by atoms with Crippen molar-refractivity contribution < 1.29 is 4.74 Å². The number of nitrogens with zero attached hydrogens (tertiary/aromatic N) is 1. The Morgan fingerprint density at radius 3 is 3.23 bits per heavy atom. The molecule has 1 atom stereocenters. The molecule has 2 heteroatoms. The van der Waals surface area contributed by atoms with Crippen molar-refractivity contribution in [3.8, 4) is 0 Å². The summed E-state index contributed by atoms with van der Waals surface area (Å²) in [6, 6.07) is 8.44. The van der Waals surface area contributed by atoms with Crippen molar-refractivity contribution in [2.24, 2.45) is 0 Å². The maximum Gasteiger partial charge on any atom is 0.149 e. The van der Waals surface area contributed by atoms with E-state index >= 15 is 0 Å². The van der Waals surface area contributed by atoms with E-state index in [0.29, 0.717) is 0 Å². The molecule has 1 aromatic carbocycles. The van der Waals surface area contributed by atoms with Crippen LogP contribution in [0.4, 0.5) is 5.69 Å². The van der Waals surface area contributed by atoms with Crippen LogP contribution in [0.1, 0.15) is 5.56 Å². The van der Waals surface area contributed by atoms with E-state index in [-0.39, 0.29) is 6.23 Å². The Bertz CT molecular complexity index is 359. The molecule has 2 heterocycles. The van der Waals surface area contributed by atoms with Crippen molar-refractivity contribution in [3.05, 3.63) is 35.9 Å². The van der Waals surface area contributed by atoms with Crippen LogP contribution in [0, 0.1) is 0 Å². The number of hydrogen-bond donors (Lipinski definition) is 0. The van der Waals surface area contributed by atoms with Gasteiger partial charge in [-0.3, -0.25) is 0 Å². The molecule has 1 saturated heterocycles. The van der Waals surface area contributed by atoms with Crippen LogP contribution in [-0.2, 0) is 4.74 Å². The lowest BCUT2D eigenvalue weighted by molar-refractivity contribution is 0.148. The third kappa shape index (κ3) is 0.988. The van der Waals surface area contributed by atoms with Crippen LogP contribution in [0.25, 0.3) is 6.08 Å². The summed E-state index contributed by atoms with van der Waals surface area (Å²) in [6.45, 7) is 1.84. The van der Waals surface area contributed by atoms with E-state index in [2.05, 4.69) is 41.3 Å². The van der Waals surface area contributed by atoms with Crippen LogP contribution in [-0.4, -0.2) is 19.4 Å². The predicted molar refractivity (Wildman–Crippen MR) is 52.6 cm³/mol. The Balaban J connectivity index is 2.13. The van der Waals surface area contributed by atoms with Gasteiger partial charge in [0.25, 0.3) is 0 Å². The molecule has 0 radical (unpaired) electrons. The van der Waals surface area contributed by atoms with Gasteiger partial charge in [-0.25, -0.2) is 0 Å². The molecular formula is C11H11NO. The number of para-hydroxylation sites is 1. The van der Waals surface area contributed by atoms with Crippen LogP contribution in [0.2, 0.25) is 0 Å². The molecular weight excluding hydrogens is 162 g/mol. The minimum absolute atomic E-state index is 0.176. The van der Waals surface area contributed by atoms with Gasteiger partial charge in [-0.2, -0.15) is 0 Å². The number of ether oxygens (including phenoxy) is 1. The van der Waals surface area contributed by atoms with Crippen molar-refractivity contribution >= 4 is 11.8 Å². The molecule has 2 nitrogen and oxygen atoms in total. The van der Waals surface area contributed by atoms with E-state index in [0.717, 1.165) is 13.2 Å². The fourth-order valence-electron chi connectivity index (χ4n) is 1.98. The van der Waals surface area contributed by atoms with Crippen LogP contribution in [0.5, 0.6) is 0 Å². The van der Waals surface area contributed by atoms with E-state index < -0.39 is 0 Å². The Morgan fingerprint density at radius 1 is 1.31 bits per heavy atom. The monoisotopic (exact) mass is 173 g/mol. The largest absolute Gasteiger partial charge is 0.353 e. The second-order valence-corrected chi connectivity index (χ2v) is 3.37. The molecule has 2 aliphatic rings. The molecule has 1 aromatic rings. The van der Waals surface area contributed by atoms with Crippen LogP contribution < -0.4 is 4.90 Å². The van der Waals surface area contributed by atoms with Crippen molar-refractivity contribution in [2.45, 2.75) is 6.23 Å². The first kappa shape index (κ1) is 7.15. The molecule has 3 rings (SSSR count). The summed E-state index contributed by atoms with van der Waals surface area (Å²) >= 11 is 0. The summed E-state index contributed by atoms with van der Waals surface area (Å²) in [6.07, 6.45) is 4.44. The molecule has 0 spiro atoms. The number of hydrogen-bond acceptors (Lipinski definition) is 2. The highest BCUT2D eigenvalue weighted by molar-refractivity contribution is 5.72. The van der Waals surface area contributed by atoms with Gasteiger partial charge >= 0.3 is 0 Å². The Kier molecular flexibility index (Phi) is 1.43. The Morgan fingerprint density at radius 2 is 2.23 bits per heavy atom. The smallest absolute Gasteiger partial charge is 0.149 e. The van der Waals surface area contributed by atoms with E-state index in [4.69, 9.17) is 4.74 Å².